The highest BCUT2D eigenvalue weighted by atomic mass is 16.6. The zero-order valence-corrected chi connectivity index (χ0v) is 21.7. The van der Waals surface area contributed by atoms with E-state index in [0.29, 0.717) is 13.0 Å². The van der Waals surface area contributed by atoms with Crippen LogP contribution in [0.1, 0.15) is 65.9 Å². The molecule has 0 spiro atoms. The molecule has 1 aromatic rings. The molecule has 1 fully saturated rings. The number of rotatable bonds is 11. The Morgan fingerprint density at radius 1 is 1.09 bits per heavy atom. The minimum Gasteiger partial charge on any atom is -0.444 e. The van der Waals surface area contributed by atoms with Crippen LogP contribution in [-0.2, 0) is 16.0 Å². The Labute approximate surface area is 205 Å². The number of ether oxygens (including phenoxy) is 1. The molecule has 1 saturated heterocycles. The molecular weight excluding hydrogens is 430 g/mol. The standard InChI is InChI=1S/C27H45N3O4/c1-20(2)22(25(32)28-14-17-30-15-10-7-11-16-30)19-24(31)23(18-21-12-8-6-9-13-21)29-26(33)34-27(3,4)5/h6,8-9,12-13,20,22-24,31H,7,10-11,14-19H2,1-5H3,(H,28,32)(H,29,33)/t22-,23-,24-/m0/s1. The maximum Gasteiger partial charge on any atom is 0.407 e. The van der Waals surface area contributed by atoms with Crippen LogP contribution >= 0.6 is 0 Å². The Hall–Kier alpha value is -2.12. The van der Waals surface area contributed by atoms with Crippen molar-refractivity contribution in [3.63, 3.8) is 0 Å². The Morgan fingerprint density at radius 3 is 2.32 bits per heavy atom. The van der Waals surface area contributed by atoms with Gasteiger partial charge in [0.2, 0.25) is 5.91 Å². The van der Waals surface area contributed by atoms with Crippen LogP contribution in [0, 0.1) is 11.8 Å². The van der Waals surface area contributed by atoms with Crippen molar-refractivity contribution in [1.29, 1.82) is 0 Å². The Morgan fingerprint density at radius 2 is 1.74 bits per heavy atom. The molecule has 0 bridgehead atoms. The fourth-order valence-corrected chi connectivity index (χ4v) is 4.37. The molecule has 1 heterocycles. The molecule has 192 valence electrons. The summed E-state index contributed by atoms with van der Waals surface area (Å²) in [5.41, 5.74) is 0.357. The molecule has 1 aromatic carbocycles. The summed E-state index contributed by atoms with van der Waals surface area (Å²) in [5, 5.41) is 17.1. The predicted octanol–water partition coefficient (Wildman–Crippen LogP) is 3.75. The first kappa shape index (κ1) is 28.1. The monoisotopic (exact) mass is 475 g/mol. The van der Waals surface area contributed by atoms with E-state index in [1.54, 1.807) is 20.8 Å². The molecule has 0 saturated carbocycles. The van der Waals surface area contributed by atoms with Gasteiger partial charge in [-0.05, 0) is 71.0 Å². The first-order valence-electron chi connectivity index (χ1n) is 12.8. The number of hydrogen-bond acceptors (Lipinski definition) is 5. The summed E-state index contributed by atoms with van der Waals surface area (Å²) >= 11 is 0. The lowest BCUT2D eigenvalue weighted by Gasteiger charge is -2.30. The zero-order valence-electron chi connectivity index (χ0n) is 21.7. The zero-order chi connectivity index (χ0) is 25.1. The van der Waals surface area contributed by atoms with Crippen molar-refractivity contribution < 1.29 is 19.4 Å². The fraction of sp³-hybridized carbons (Fsp3) is 0.704. The summed E-state index contributed by atoms with van der Waals surface area (Å²) in [6.45, 7) is 13.1. The molecule has 7 nitrogen and oxygen atoms in total. The molecule has 0 radical (unpaired) electrons. The maximum absolute atomic E-state index is 13.0. The van der Waals surface area contributed by atoms with Gasteiger partial charge in [0, 0.05) is 19.0 Å². The largest absolute Gasteiger partial charge is 0.444 e. The van der Waals surface area contributed by atoms with Crippen LogP contribution in [0.4, 0.5) is 4.79 Å². The van der Waals surface area contributed by atoms with Crippen molar-refractivity contribution in [3.05, 3.63) is 35.9 Å². The summed E-state index contributed by atoms with van der Waals surface area (Å²) < 4.78 is 5.42. The lowest BCUT2D eigenvalue weighted by molar-refractivity contribution is -0.127. The highest BCUT2D eigenvalue weighted by Gasteiger charge is 2.31. The number of aliphatic hydroxyl groups is 1. The van der Waals surface area contributed by atoms with E-state index in [1.165, 1.54) is 19.3 Å². The van der Waals surface area contributed by atoms with Crippen LogP contribution in [0.25, 0.3) is 0 Å². The van der Waals surface area contributed by atoms with E-state index in [4.69, 9.17) is 4.74 Å². The third-order valence-corrected chi connectivity index (χ3v) is 6.28. The van der Waals surface area contributed by atoms with Crippen molar-refractivity contribution >= 4 is 12.0 Å². The van der Waals surface area contributed by atoms with Crippen molar-refractivity contribution in [2.45, 2.75) is 84.5 Å². The fourth-order valence-electron chi connectivity index (χ4n) is 4.37. The van der Waals surface area contributed by atoms with Crippen molar-refractivity contribution in [1.82, 2.24) is 15.5 Å². The second-order valence-corrected chi connectivity index (χ2v) is 10.8. The number of carbonyl (C=O) groups is 2. The van der Waals surface area contributed by atoms with E-state index in [1.807, 2.05) is 44.2 Å². The van der Waals surface area contributed by atoms with Gasteiger partial charge in [-0.25, -0.2) is 4.79 Å². The van der Waals surface area contributed by atoms with Crippen molar-refractivity contribution in [2.75, 3.05) is 26.2 Å². The van der Waals surface area contributed by atoms with Crippen LogP contribution in [0.15, 0.2) is 30.3 Å². The molecule has 1 aliphatic rings. The normalized spacial score (nSPS) is 17.6. The minimum absolute atomic E-state index is 0.0400. The van der Waals surface area contributed by atoms with Gasteiger partial charge in [-0.15, -0.1) is 0 Å². The number of benzene rings is 1. The third kappa shape index (κ3) is 10.4. The highest BCUT2D eigenvalue weighted by molar-refractivity contribution is 5.79. The minimum atomic E-state index is -0.895. The number of likely N-dealkylation sites (tertiary alicyclic amines) is 1. The van der Waals surface area contributed by atoms with E-state index in [-0.39, 0.29) is 24.2 Å². The molecule has 34 heavy (non-hydrogen) atoms. The molecule has 0 aliphatic carbocycles. The average Bonchev–Trinajstić information content (AvgIpc) is 2.76. The second-order valence-electron chi connectivity index (χ2n) is 10.8. The number of alkyl carbamates (subject to hydrolysis) is 1. The van der Waals surface area contributed by atoms with E-state index >= 15 is 0 Å². The van der Waals surface area contributed by atoms with Crippen molar-refractivity contribution in [3.8, 4) is 0 Å². The van der Waals surface area contributed by atoms with Gasteiger partial charge in [0.25, 0.3) is 0 Å². The first-order chi connectivity index (χ1) is 16.0. The number of piperidine rings is 1. The highest BCUT2D eigenvalue weighted by Crippen LogP contribution is 2.21. The molecule has 0 aromatic heterocycles. The summed E-state index contributed by atoms with van der Waals surface area (Å²) in [6.07, 6.45) is 2.98. The number of nitrogens with one attached hydrogen (secondary N) is 2. The van der Waals surface area contributed by atoms with E-state index in [0.717, 1.165) is 25.2 Å². The van der Waals surface area contributed by atoms with Gasteiger partial charge in [-0.3, -0.25) is 4.79 Å². The van der Waals surface area contributed by atoms with Gasteiger partial charge in [0.15, 0.2) is 0 Å². The van der Waals surface area contributed by atoms with Gasteiger partial charge < -0.3 is 25.4 Å². The van der Waals surface area contributed by atoms with E-state index in [2.05, 4.69) is 15.5 Å². The Balaban J connectivity index is 2.00. The molecular formula is C27H45N3O4. The second kappa shape index (κ2) is 13.7. The quantitative estimate of drug-likeness (QED) is 0.453. The average molecular weight is 476 g/mol. The van der Waals surface area contributed by atoms with Gasteiger partial charge in [-0.2, -0.15) is 0 Å². The van der Waals surface area contributed by atoms with Gasteiger partial charge in [0.1, 0.15) is 5.60 Å². The number of nitrogens with zero attached hydrogens (tertiary/aromatic N) is 1. The van der Waals surface area contributed by atoms with Gasteiger partial charge >= 0.3 is 6.09 Å². The first-order valence-corrected chi connectivity index (χ1v) is 12.8. The lowest BCUT2D eigenvalue weighted by Crippen LogP contribution is -2.49. The van der Waals surface area contributed by atoms with Crippen LogP contribution in [0.3, 0.4) is 0 Å². The number of carbonyl (C=O) groups excluding carboxylic acids is 2. The topological polar surface area (TPSA) is 90.9 Å². The lowest BCUT2D eigenvalue weighted by atomic mass is 9.86. The third-order valence-electron chi connectivity index (χ3n) is 6.28. The molecule has 1 aliphatic heterocycles. The van der Waals surface area contributed by atoms with Crippen LogP contribution in [0.2, 0.25) is 0 Å². The molecule has 2 rings (SSSR count). The molecule has 3 N–H and O–H groups in total. The smallest absolute Gasteiger partial charge is 0.407 e. The maximum atomic E-state index is 13.0. The molecule has 2 amide bonds. The van der Waals surface area contributed by atoms with E-state index in [9.17, 15) is 14.7 Å². The summed E-state index contributed by atoms with van der Waals surface area (Å²) in [7, 11) is 0. The van der Waals surface area contributed by atoms with Gasteiger partial charge in [0.05, 0.1) is 12.1 Å². The number of hydrogen-bond donors (Lipinski definition) is 3. The summed E-state index contributed by atoms with van der Waals surface area (Å²) in [4.78, 5) is 27.9. The predicted molar refractivity (Wildman–Crippen MR) is 136 cm³/mol. The van der Waals surface area contributed by atoms with Crippen LogP contribution < -0.4 is 10.6 Å². The van der Waals surface area contributed by atoms with Crippen LogP contribution in [-0.4, -0.2) is 65.9 Å². The van der Waals surface area contributed by atoms with Gasteiger partial charge in [-0.1, -0.05) is 50.6 Å². The molecule has 7 heteroatoms. The van der Waals surface area contributed by atoms with Crippen molar-refractivity contribution in [2.24, 2.45) is 11.8 Å². The number of aliphatic hydroxyl groups excluding tert-OH is 1. The Kier molecular flexibility index (Phi) is 11.3. The SMILES string of the molecule is CC(C)[C@H](C[C@H](O)[C@H](Cc1ccccc1)NC(=O)OC(C)(C)C)C(=O)NCCN1CCCCC1. The Bertz CT molecular complexity index is 742. The summed E-state index contributed by atoms with van der Waals surface area (Å²) in [6, 6.07) is 9.14. The summed E-state index contributed by atoms with van der Waals surface area (Å²) in [5.74, 6) is -0.333. The van der Waals surface area contributed by atoms with Crippen LogP contribution in [0.5, 0.6) is 0 Å². The number of amides is 2. The van der Waals surface area contributed by atoms with E-state index < -0.39 is 23.8 Å². The molecule has 0 unspecified atom stereocenters. The molecule has 3 atom stereocenters.